The maximum atomic E-state index is 5.60. The SMILES string of the molecule is C=C(CCl)CN(C)CCCC. The van der Waals surface area contributed by atoms with Gasteiger partial charge < -0.3 is 4.90 Å². The van der Waals surface area contributed by atoms with E-state index in [2.05, 4.69) is 25.5 Å². The van der Waals surface area contributed by atoms with E-state index in [1.54, 1.807) is 0 Å². The van der Waals surface area contributed by atoms with Crippen molar-refractivity contribution in [2.45, 2.75) is 19.8 Å². The highest BCUT2D eigenvalue weighted by Gasteiger charge is 1.98. The second-order valence-corrected chi connectivity index (χ2v) is 3.24. The van der Waals surface area contributed by atoms with Crippen LogP contribution in [0, 0.1) is 0 Å². The van der Waals surface area contributed by atoms with Crippen LogP contribution >= 0.6 is 11.6 Å². The van der Waals surface area contributed by atoms with E-state index in [1.165, 1.54) is 12.8 Å². The Balaban J connectivity index is 3.35. The van der Waals surface area contributed by atoms with E-state index >= 15 is 0 Å². The van der Waals surface area contributed by atoms with Gasteiger partial charge in [-0.2, -0.15) is 0 Å². The van der Waals surface area contributed by atoms with Gasteiger partial charge in [-0.25, -0.2) is 0 Å². The first kappa shape index (κ1) is 11.0. The lowest BCUT2D eigenvalue weighted by molar-refractivity contribution is 0.355. The molecule has 0 unspecified atom stereocenters. The molecule has 0 heterocycles. The van der Waals surface area contributed by atoms with Crippen LogP contribution in [0.15, 0.2) is 12.2 Å². The summed E-state index contributed by atoms with van der Waals surface area (Å²) in [5, 5.41) is 0. The summed E-state index contributed by atoms with van der Waals surface area (Å²) in [7, 11) is 2.10. The zero-order chi connectivity index (χ0) is 8.69. The van der Waals surface area contributed by atoms with Crippen molar-refractivity contribution in [2.24, 2.45) is 0 Å². The zero-order valence-electron chi connectivity index (χ0n) is 7.57. The summed E-state index contributed by atoms with van der Waals surface area (Å²) in [5.41, 5.74) is 1.10. The summed E-state index contributed by atoms with van der Waals surface area (Å²) in [6.07, 6.45) is 2.50. The summed E-state index contributed by atoms with van der Waals surface area (Å²) in [5.74, 6) is 0.580. The van der Waals surface area contributed by atoms with E-state index in [9.17, 15) is 0 Å². The number of halogens is 1. The molecule has 0 saturated carbocycles. The number of rotatable bonds is 6. The van der Waals surface area contributed by atoms with Crippen molar-refractivity contribution in [3.8, 4) is 0 Å². The van der Waals surface area contributed by atoms with Crippen molar-refractivity contribution in [1.82, 2.24) is 4.90 Å². The molecule has 0 aliphatic heterocycles. The Hall–Kier alpha value is -0.0100. The topological polar surface area (TPSA) is 3.24 Å². The van der Waals surface area contributed by atoms with Crippen LogP contribution in [0.4, 0.5) is 0 Å². The van der Waals surface area contributed by atoms with Gasteiger partial charge in [-0.05, 0) is 25.6 Å². The van der Waals surface area contributed by atoms with E-state index in [0.29, 0.717) is 5.88 Å². The number of unbranched alkanes of at least 4 members (excludes halogenated alkanes) is 1. The first-order valence-electron chi connectivity index (χ1n) is 4.11. The predicted molar refractivity (Wildman–Crippen MR) is 52.3 cm³/mol. The van der Waals surface area contributed by atoms with Crippen LogP contribution in [0.5, 0.6) is 0 Å². The van der Waals surface area contributed by atoms with Crippen LogP contribution in [0.25, 0.3) is 0 Å². The summed E-state index contributed by atoms with van der Waals surface area (Å²) in [6.45, 7) is 8.13. The van der Waals surface area contributed by atoms with Crippen LogP contribution in [-0.4, -0.2) is 30.9 Å². The monoisotopic (exact) mass is 175 g/mol. The van der Waals surface area contributed by atoms with Crippen molar-refractivity contribution in [3.63, 3.8) is 0 Å². The van der Waals surface area contributed by atoms with E-state index in [0.717, 1.165) is 18.7 Å². The Morgan fingerprint density at radius 3 is 2.64 bits per heavy atom. The Bertz CT molecular complexity index is 112. The molecule has 0 N–H and O–H groups in total. The van der Waals surface area contributed by atoms with Gasteiger partial charge in [0.15, 0.2) is 0 Å². The minimum Gasteiger partial charge on any atom is -0.302 e. The number of nitrogens with zero attached hydrogens (tertiary/aromatic N) is 1. The van der Waals surface area contributed by atoms with Gasteiger partial charge in [-0.3, -0.25) is 0 Å². The second-order valence-electron chi connectivity index (χ2n) is 2.97. The minimum absolute atomic E-state index is 0.580. The molecule has 0 radical (unpaired) electrons. The fourth-order valence-electron chi connectivity index (χ4n) is 0.931. The molecular formula is C9H18ClN. The van der Waals surface area contributed by atoms with Gasteiger partial charge in [0.25, 0.3) is 0 Å². The molecule has 0 amide bonds. The molecule has 0 saturated heterocycles. The second kappa shape index (κ2) is 6.68. The largest absolute Gasteiger partial charge is 0.302 e. The Labute approximate surface area is 75.0 Å². The van der Waals surface area contributed by atoms with Gasteiger partial charge in [-0.1, -0.05) is 19.9 Å². The molecule has 0 aromatic heterocycles. The third-order valence-electron chi connectivity index (χ3n) is 1.58. The number of hydrogen-bond acceptors (Lipinski definition) is 1. The average molecular weight is 176 g/mol. The quantitative estimate of drug-likeness (QED) is 0.443. The maximum Gasteiger partial charge on any atom is 0.0443 e. The molecule has 0 spiro atoms. The molecule has 0 atom stereocenters. The molecule has 0 rings (SSSR count). The fourth-order valence-corrected chi connectivity index (χ4v) is 1.02. The van der Waals surface area contributed by atoms with Crippen molar-refractivity contribution < 1.29 is 0 Å². The molecule has 0 aromatic rings. The van der Waals surface area contributed by atoms with Crippen molar-refractivity contribution in [2.75, 3.05) is 26.0 Å². The highest BCUT2D eigenvalue weighted by molar-refractivity contribution is 6.19. The molecule has 0 aliphatic carbocycles. The van der Waals surface area contributed by atoms with E-state index in [4.69, 9.17) is 11.6 Å². The van der Waals surface area contributed by atoms with E-state index in [-0.39, 0.29) is 0 Å². The molecule has 0 aromatic carbocycles. The summed E-state index contributed by atoms with van der Waals surface area (Å²) in [6, 6.07) is 0. The standard InChI is InChI=1S/C9H18ClN/c1-4-5-6-11(3)8-9(2)7-10/h2,4-8H2,1,3H3. The molecule has 1 nitrogen and oxygen atoms in total. The van der Waals surface area contributed by atoms with Gasteiger partial charge in [0.05, 0.1) is 0 Å². The van der Waals surface area contributed by atoms with Gasteiger partial charge in [-0.15, -0.1) is 11.6 Å². The lowest BCUT2D eigenvalue weighted by atomic mass is 10.3. The maximum absolute atomic E-state index is 5.60. The highest BCUT2D eigenvalue weighted by atomic mass is 35.5. The highest BCUT2D eigenvalue weighted by Crippen LogP contribution is 1.98. The van der Waals surface area contributed by atoms with Crippen molar-refractivity contribution >= 4 is 11.6 Å². The lowest BCUT2D eigenvalue weighted by Gasteiger charge is -2.16. The molecule has 0 aliphatic rings. The molecular weight excluding hydrogens is 158 g/mol. The number of likely N-dealkylation sites (N-methyl/N-ethyl adjacent to an activating group) is 1. The predicted octanol–water partition coefficient (Wildman–Crippen LogP) is 2.51. The summed E-state index contributed by atoms with van der Waals surface area (Å²) < 4.78 is 0. The third kappa shape index (κ3) is 6.39. The fraction of sp³-hybridized carbons (Fsp3) is 0.778. The van der Waals surface area contributed by atoms with Crippen LogP contribution in [0.1, 0.15) is 19.8 Å². The number of hydrogen-bond donors (Lipinski definition) is 0. The van der Waals surface area contributed by atoms with Crippen LogP contribution in [0.2, 0.25) is 0 Å². The van der Waals surface area contributed by atoms with Gasteiger partial charge in [0, 0.05) is 12.4 Å². The Morgan fingerprint density at radius 2 is 2.18 bits per heavy atom. The Kier molecular flexibility index (Phi) is 6.68. The normalized spacial score (nSPS) is 10.5. The van der Waals surface area contributed by atoms with Gasteiger partial charge in [0.2, 0.25) is 0 Å². The minimum atomic E-state index is 0.580. The molecule has 0 bridgehead atoms. The van der Waals surface area contributed by atoms with Crippen LogP contribution in [-0.2, 0) is 0 Å². The first-order valence-corrected chi connectivity index (χ1v) is 4.65. The van der Waals surface area contributed by atoms with Gasteiger partial charge >= 0.3 is 0 Å². The lowest BCUT2D eigenvalue weighted by Crippen LogP contribution is -2.22. The van der Waals surface area contributed by atoms with Crippen molar-refractivity contribution in [3.05, 3.63) is 12.2 Å². The molecule has 66 valence electrons. The van der Waals surface area contributed by atoms with Gasteiger partial charge in [0.1, 0.15) is 0 Å². The average Bonchev–Trinajstić information content (AvgIpc) is 2.00. The third-order valence-corrected chi connectivity index (χ3v) is 1.95. The summed E-state index contributed by atoms with van der Waals surface area (Å²) >= 11 is 5.60. The van der Waals surface area contributed by atoms with Crippen LogP contribution < -0.4 is 0 Å². The van der Waals surface area contributed by atoms with E-state index in [1.807, 2.05) is 0 Å². The van der Waals surface area contributed by atoms with Crippen LogP contribution in [0.3, 0.4) is 0 Å². The van der Waals surface area contributed by atoms with E-state index < -0.39 is 0 Å². The van der Waals surface area contributed by atoms with Crippen molar-refractivity contribution in [1.29, 1.82) is 0 Å². The zero-order valence-corrected chi connectivity index (χ0v) is 8.32. The number of alkyl halides is 1. The Morgan fingerprint density at radius 1 is 1.55 bits per heavy atom. The smallest absolute Gasteiger partial charge is 0.0443 e. The molecule has 2 heteroatoms. The molecule has 0 fully saturated rings. The first-order chi connectivity index (χ1) is 5.20. The molecule has 11 heavy (non-hydrogen) atoms. The summed E-state index contributed by atoms with van der Waals surface area (Å²) in [4.78, 5) is 2.26.